The predicted octanol–water partition coefficient (Wildman–Crippen LogP) is 8.21. The number of nitrogens with one attached hydrogen (secondary N) is 1. The fraction of sp³-hybridized carbons (Fsp3) is 0.379. The van der Waals surface area contributed by atoms with Crippen LogP contribution in [0.15, 0.2) is 48.5 Å². The number of rotatable bonds is 5. The van der Waals surface area contributed by atoms with Gasteiger partial charge in [-0.2, -0.15) is 0 Å². The maximum atomic E-state index is 13.3. The highest BCUT2D eigenvalue weighted by Crippen LogP contribution is 2.53. The molecule has 0 radical (unpaired) electrons. The maximum absolute atomic E-state index is 13.3. The van der Waals surface area contributed by atoms with Crippen molar-refractivity contribution < 1.29 is 9.13 Å². The number of anilines is 1. The third-order valence-corrected chi connectivity index (χ3v) is 6.97. The van der Waals surface area contributed by atoms with Gasteiger partial charge in [-0.25, -0.2) is 4.39 Å². The molecular weight excluding hydrogens is 433 g/mol. The Morgan fingerprint density at radius 1 is 0.909 bits per heavy atom. The monoisotopic (exact) mass is 467 g/mol. The lowest BCUT2D eigenvalue weighted by Crippen LogP contribution is -2.31. The smallest absolute Gasteiger partial charge is 0.127 e. The van der Waals surface area contributed by atoms with E-state index < -0.39 is 0 Å². The molecule has 4 rings (SSSR count). The number of benzene rings is 3. The highest BCUT2D eigenvalue weighted by molar-refractivity contribution is 5.85. The summed E-state index contributed by atoms with van der Waals surface area (Å²) in [4.78, 5) is 0. The third kappa shape index (κ3) is 4.61. The van der Waals surface area contributed by atoms with Crippen LogP contribution in [0.5, 0.6) is 5.75 Å². The summed E-state index contributed by atoms with van der Waals surface area (Å²) in [6.45, 7) is 16.0. The molecule has 33 heavy (non-hydrogen) atoms. The molecule has 176 valence electrons. The van der Waals surface area contributed by atoms with E-state index >= 15 is 0 Å². The molecule has 1 unspecified atom stereocenters. The lowest BCUT2D eigenvalue weighted by atomic mass is 9.78. The quantitative estimate of drug-likeness (QED) is 0.408. The van der Waals surface area contributed by atoms with Gasteiger partial charge < -0.3 is 10.1 Å². The molecule has 0 aromatic heterocycles. The second kappa shape index (κ2) is 9.38. The van der Waals surface area contributed by atoms with Crippen LogP contribution in [0.3, 0.4) is 0 Å². The summed E-state index contributed by atoms with van der Waals surface area (Å²) in [5, 5.41) is 3.63. The van der Waals surface area contributed by atoms with Gasteiger partial charge in [-0.1, -0.05) is 50.2 Å². The summed E-state index contributed by atoms with van der Waals surface area (Å²) in [6.07, 6.45) is 0. The first-order valence-corrected chi connectivity index (χ1v) is 11.5. The summed E-state index contributed by atoms with van der Waals surface area (Å²) < 4.78 is 19.9. The Hall–Kier alpha value is -2.52. The molecule has 1 aliphatic heterocycles. The molecule has 0 bridgehead atoms. The van der Waals surface area contributed by atoms with Gasteiger partial charge in [-0.3, -0.25) is 0 Å². The summed E-state index contributed by atoms with van der Waals surface area (Å²) >= 11 is 0. The number of hydrogen-bond donors (Lipinski definition) is 1. The second-order valence-corrected chi connectivity index (χ2v) is 9.93. The van der Waals surface area contributed by atoms with E-state index in [1.807, 2.05) is 12.1 Å². The highest BCUT2D eigenvalue weighted by atomic mass is 35.5. The summed E-state index contributed by atoms with van der Waals surface area (Å²) in [7, 11) is 0. The third-order valence-electron chi connectivity index (χ3n) is 6.97. The van der Waals surface area contributed by atoms with Crippen LogP contribution < -0.4 is 10.1 Å². The summed E-state index contributed by atoms with van der Waals surface area (Å²) in [5.74, 6) is 1.48. The number of hydrogen-bond acceptors (Lipinski definition) is 2. The zero-order chi connectivity index (χ0) is 23.2. The maximum Gasteiger partial charge on any atom is 0.127 e. The van der Waals surface area contributed by atoms with Crippen molar-refractivity contribution in [2.75, 3.05) is 5.32 Å². The first-order valence-electron chi connectivity index (χ1n) is 11.5. The average Bonchev–Trinajstić information content (AvgIpc) is 3.05. The van der Waals surface area contributed by atoms with E-state index in [-0.39, 0.29) is 29.7 Å². The standard InChI is InChI=1S/C29H34FNO.ClH/c1-17(2)22-10-12-23(13-11-22)26-25-20(5)27(31-16-21-8-14-24(30)15-9-21)18(3)19(4)28(25)32-29(26,6)7;/h8-15,17,26,31H,16H2,1-7H3;1H. The van der Waals surface area contributed by atoms with Crippen LogP contribution in [0, 0.1) is 26.6 Å². The Bertz CT molecular complexity index is 1130. The predicted molar refractivity (Wildman–Crippen MR) is 139 cm³/mol. The van der Waals surface area contributed by atoms with E-state index in [2.05, 4.69) is 78.0 Å². The Balaban J connectivity index is 0.00000306. The largest absolute Gasteiger partial charge is 0.486 e. The fourth-order valence-electron chi connectivity index (χ4n) is 4.99. The number of fused-ring (bicyclic) bond motifs is 1. The van der Waals surface area contributed by atoms with E-state index in [0.29, 0.717) is 12.5 Å². The average molecular weight is 468 g/mol. The molecular formula is C29H35ClFNO. The molecule has 1 heterocycles. The van der Waals surface area contributed by atoms with E-state index in [9.17, 15) is 4.39 Å². The van der Waals surface area contributed by atoms with Gasteiger partial charge in [-0.15, -0.1) is 12.4 Å². The zero-order valence-electron chi connectivity index (χ0n) is 20.7. The van der Waals surface area contributed by atoms with Crippen LogP contribution in [0.4, 0.5) is 10.1 Å². The van der Waals surface area contributed by atoms with Crippen LogP contribution in [-0.2, 0) is 6.54 Å². The van der Waals surface area contributed by atoms with Crippen molar-refractivity contribution in [3.8, 4) is 5.75 Å². The molecule has 3 aromatic carbocycles. The minimum Gasteiger partial charge on any atom is -0.486 e. The Kier molecular flexibility index (Phi) is 7.14. The molecule has 1 N–H and O–H groups in total. The van der Waals surface area contributed by atoms with Crippen LogP contribution in [0.25, 0.3) is 0 Å². The van der Waals surface area contributed by atoms with Crippen molar-refractivity contribution in [1.29, 1.82) is 0 Å². The molecule has 2 nitrogen and oxygen atoms in total. The lowest BCUT2D eigenvalue weighted by molar-refractivity contribution is 0.121. The van der Waals surface area contributed by atoms with E-state index in [0.717, 1.165) is 17.0 Å². The van der Waals surface area contributed by atoms with E-state index in [1.165, 1.54) is 45.5 Å². The van der Waals surface area contributed by atoms with Crippen molar-refractivity contribution in [1.82, 2.24) is 0 Å². The minimum atomic E-state index is -0.334. The Morgan fingerprint density at radius 2 is 1.52 bits per heavy atom. The Morgan fingerprint density at radius 3 is 2.09 bits per heavy atom. The zero-order valence-corrected chi connectivity index (χ0v) is 21.5. The molecule has 0 amide bonds. The van der Waals surface area contributed by atoms with Crippen molar-refractivity contribution in [3.05, 3.63) is 93.3 Å². The lowest BCUT2D eigenvalue weighted by Gasteiger charge is -2.27. The van der Waals surface area contributed by atoms with Gasteiger partial charge in [-0.05, 0) is 86.1 Å². The minimum absolute atomic E-state index is 0. The first kappa shape index (κ1) is 25.1. The molecule has 1 atom stereocenters. The van der Waals surface area contributed by atoms with Crippen molar-refractivity contribution in [2.45, 2.75) is 72.4 Å². The molecule has 3 aromatic rings. The number of halogens is 2. The number of ether oxygens (including phenoxy) is 1. The molecule has 0 spiro atoms. The molecule has 1 aliphatic rings. The molecule has 4 heteroatoms. The van der Waals surface area contributed by atoms with Crippen LogP contribution in [0.2, 0.25) is 0 Å². The van der Waals surface area contributed by atoms with Gasteiger partial charge in [0.1, 0.15) is 17.2 Å². The van der Waals surface area contributed by atoms with Crippen LogP contribution in [0.1, 0.15) is 78.5 Å². The SMILES string of the molecule is Cc1c(C)c2c(c(C)c1NCc1ccc(F)cc1)C(c1ccc(C(C)C)cc1)C(C)(C)O2.Cl. The summed E-state index contributed by atoms with van der Waals surface area (Å²) in [5.41, 5.74) is 9.40. The normalized spacial score (nSPS) is 16.2. The van der Waals surface area contributed by atoms with Crippen molar-refractivity contribution >= 4 is 18.1 Å². The van der Waals surface area contributed by atoms with Gasteiger partial charge in [0.2, 0.25) is 0 Å². The van der Waals surface area contributed by atoms with Gasteiger partial charge in [0.25, 0.3) is 0 Å². The van der Waals surface area contributed by atoms with Gasteiger partial charge >= 0.3 is 0 Å². The van der Waals surface area contributed by atoms with E-state index in [1.54, 1.807) is 0 Å². The molecule has 0 aliphatic carbocycles. The highest BCUT2D eigenvalue weighted by Gasteiger charge is 2.44. The first-order chi connectivity index (χ1) is 15.1. The molecule has 0 saturated carbocycles. The van der Waals surface area contributed by atoms with Gasteiger partial charge in [0.15, 0.2) is 0 Å². The Labute approximate surface area is 204 Å². The van der Waals surface area contributed by atoms with E-state index in [4.69, 9.17) is 4.74 Å². The van der Waals surface area contributed by atoms with Crippen LogP contribution in [-0.4, -0.2) is 5.60 Å². The van der Waals surface area contributed by atoms with Crippen LogP contribution >= 0.6 is 12.4 Å². The second-order valence-electron chi connectivity index (χ2n) is 9.93. The summed E-state index contributed by atoms with van der Waals surface area (Å²) in [6, 6.07) is 15.7. The van der Waals surface area contributed by atoms with Crippen molar-refractivity contribution in [3.63, 3.8) is 0 Å². The molecule has 0 saturated heterocycles. The van der Waals surface area contributed by atoms with Gasteiger partial charge in [0.05, 0.1) is 5.92 Å². The topological polar surface area (TPSA) is 21.3 Å². The van der Waals surface area contributed by atoms with Gasteiger partial charge in [0, 0.05) is 17.8 Å². The molecule has 0 fully saturated rings. The fourth-order valence-corrected chi connectivity index (χ4v) is 4.99. The van der Waals surface area contributed by atoms with Crippen molar-refractivity contribution in [2.24, 2.45) is 0 Å².